The Hall–Kier alpha value is -2.04. The first-order valence-electron chi connectivity index (χ1n) is 6.85. The maximum Gasteiger partial charge on any atom is 0.338 e. The van der Waals surface area contributed by atoms with Crippen LogP contribution in [0.2, 0.25) is 5.02 Å². The molecular weight excluding hydrogens is 304 g/mol. The number of hydrogen-bond acceptors (Lipinski definition) is 4. The number of aryl methyl sites for hydroxylation is 1. The number of para-hydroxylation sites is 1. The summed E-state index contributed by atoms with van der Waals surface area (Å²) >= 11 is 5.75. The minimum Gasteiger partial charge on any atom is -0.490 e. The van der Waals surface area contributed by atoms with Crippen molar-refractivity contribution >= 4 is 17.6 Å². The molecule has 0 radical (unpaired) electrons. The number of aliphatic hydroxyl groups excluding tert-OH is 1. The Kier molecular flexibility index (Phi) is 5.81. The third-order valence-electron chi connectivity index (χ3n) is 3.01. The molecule has 22 heavy (non-hydrogen) atoms. The van der Waals surface area contributed by atoms with Gasteiger partial charge in [-0.25, -0.2) is 4.79 Å². The molecule has 4 nitrogen and oxygen atoms in total. The average molecular weight is 321 g/mol. The van der Waals surface area contributed by atoms with Gasteiger partial charge in [-0.3, -0.25) is 0 Å². The van der Waals surface area contributed by atoms with Crippen molar-refractivity contribution < 1.29 is 19.4 Å². The predicted octanol–water partition coefficient (Wildman–Crippen LogP) is 3.25. The first-order chi connectivity index (χ1) is 10.6. The molecule has 2 rings (SSSR count). The summed E-state index contributed by atoms with van der Waals surface area (Å²) in [5.74, 6) is 0.192. The second-order valence-corrected chi connectivity index (χ2v) is 5.27. The van der Waals surface area contributed by atoms with Crippen LogP contribution in [-0.2, 0) is 4.74 Å². The summed E-state index contributed by atoms with van der Waals surface area (Å²) in [4.78, 5) is 11.8. The number of esters is 1. The van der Waals surface area contributed by atoms with E-state index in [1.807, 2.05) is 31.2 Å². The molecule has 0 aromatic heterocycles. The molecule has 0 amide bonds. The van der Waals surface area contributed by atoms with E-state index in [0.717, 1.165) is 5.56 Å². The smallest absolute Gasteiger partial charge is 0.338 e. The maximum absolute atomic E-state index is 11.8. The van der Waals surface area contributed by atoms with Gasteiger partial charge >= 0.3 is 5.97 Å². The Morgan fingerprint density at radius 3 is 2.50 bits per heavy atom. The monoisotopic (exact) mass is 320 g/mol. The average Bonchev–Trinajstić information content (AvgIpc) is 2.52. The Balaban J connectivity index is 1.78. The minimum atomic E-state index is -0.893. The fraction of sp³-hybridized carbons (Fsp3) is 0.235. The van der Waals surface area contributed by atoms with E-state index in [1.165, 1.54) is 0 Å². The molecule has 0 unspecified atom stereocenters. The van der Waals surface area contributed by atoms with E-state index in [1.54, 1.807) is 24.3 Å². The van der Waals surface area contributed by atoms with Crippen LogP contribution < -0.4 is 4.74 Å². The first kappa shape index (κ1) is 16.3. The van der Waals surface area contributed by atoms with Crippen molar-refractivity contribution in [3.63, 3.8) is 0 Å². The largest absolute Gasteiger partial charge is 0.490 e. The third kappa shape index (κ3) is 4.76. The summed E-state index contributed by atoms with van der Waals surface area (Å²) in [5.41, 5.74) is 1.37. The molecule has 5 heteroatoms. The molecule has 0 heterocycles. The minimum absolute atomic E-state index is 0.0543. The zero-order valence-electron chi connectivity index (χ0n) is 12.2. The van der Waals surface area contributed by atoms with Gasteiger partial charge in [-0.1, -0.05) is 29.8 Å². The molecule has 0 aliphatic heterocycles. The van der Waals surface area contributed by atoms with Crippen molar-refractivity contribution in [2.45, 2.75) is 13.0 Å². The van der Waals surface area contributed by atoms with Gasteiger partial charge in [0.15, 0.2) is 0 Å². The topological polar surface area (TPSA) is 55.8 Å². The maximum atomic E-state index is 11.8. The highest BCUT2D eigenvalue weighted by molar-refractivity contribution is 6.30. The van der Waals surface area contributed by atoms with Crippen LogP contribution in [0.15, 0.2) is 48.5 Å². The van der Waals surface area contributed by atoms with Crippen LogP contribution in [0.5, 0.6) is 5.75 Å². The van der Waals surface area contributed by atoms with Crippen molar-refractivity contribution in [3.05, 3.63) is 64.7 Å². The highest BCUT2D eigenvalue weighted by Crippen LogP contribution is 2.16. The number of halogens is 1. The lowest BCUT2D eigenvalue weighted by atomic mass is 10.2. The number of carbonyl (C=O) groups is 1. The molecule has 1 N–H and O–H groups in total. The lowest BCUT2D eigenvalue weighted by Gasteiger charge is -2.14. The van der Waals surface area contributed by atoms with Crippen LogP contribution in [-0.4, -0.2) is 30.4 Å². The number of benzene rings is 2. The van der Waals surface area contributed by atoms with Gasteiger partial charge in [-0.15, -0.1) is 0 Å². The summed E-state index contributed by atoms with van der Waals surface area (Å²) in [7, 11) is 0. The Bertz CT molecular complexity index is 625. The number of rotatable bonds is 6. The summed E-state index contributed by atoms with van der Waals surface area (Å²) in [6.45, 7) is 1.84. The van der Waals surface area contributed by atoms with Crippen molar-refractivity contribution in [2.75, 3.05) is 13.2 Å². The van der Waals surface area contributed by atoms with Gasteiger partial charge in [0.2, 0.25) is 0 Å². The van der Waals surface area contributed by atoms with Crippen LogP contribution in [0.25, 0.3) is 0 Å². The van der Waals surface area contributed by atoms with Gasteiger partial charge in [0, 0.05) is 5.02 Å². The molecule has 2 aromatic carbocycles. The molecule has 1 atom stereocenters. The lowest BCUT2D eigenvalue weighted by molar-refractivity contribution is 0.0129. The molecule has 0 aliphatic carbocycles. The number of hydrogen-bond donors (Lipinski definition) is 1. The van der Waals surface area contributed by atoms with E-state index >= 15 is 0 Å². The number of ether oxygens (including phenoxy) is 2. The van der Waals surface area contributed by atoms with Gasteiger partial charge in [-0.2, -0.15) is 0 Å². The summed E-state index contributed by atoms with van der Waals surface area (Å²) < 4.78 is 10.5. The van der Waals surface area contributed by atoms with Gasteiger partial charge < -0.3 is 14.6 Å². The standard InChI is InChI=1S/C17H17ClO4/c1-12-4-2-3-5-16(12)21-10-15(19)11-22-17(20)13-6-8-14(18)9-7-13/h2-9,15,19H,10-11H2,1H3/t15-/m1/s1. The summed E-state index contributed by atoms with van der Waals surface area (Å²) in [5, 5.41) is 10.4. The fourth-order valence-electron chi connectivity index (χ4n) is 1.79. The molecule has 116 valence electrons. The molecular formula is C17H17ClO4. The van der Waals surface area contributed by atoms with Gasteiger partial charge in [-0.05, 0) is 42.8 Å². The fourth-order valence-corrected chi connectivity index (χ4v) is 1.92. The summed E-state index contributed by atoms with van der Waals surface area (Å²) in [6.07, 6.45) is -0.893. The molecule has 2 aromatic rings. The van der Waals surface area contributed by atoms with Crippen LogP contribution in [0.1, 0.15) is 15.9 Å². The van der Waals surface area contributed by atoms with Crippen LogP contribution in [0.4, 0.5) is 0 Å². The van der Waals surface area contributed by atoms with Crippen LogP contribution in [0.3, 0.4) is 0 Å². The van der Waals surface area contributed by atoms with E-state index in [0.29, 0.717) is 16.3 Å². The highest BCUT2D eigenvalue weighted by atomic mass is 35.5. The van der Waals surface area contributed by atoms with Crippen LogP contribution >= 0.6 is 11.6 Å². The van der Waals surface area contributed by atoms with E-state index in [9.17, 15) is 9.90 Å². The van der Waals surface area contributed by atoms with Gasteiger partial charge in [0.05, 0.1) is 5.56 Å². The SMILES string of the molecule is Cc1ccccc1OC[C@@H](O)COC(=O)c1ccc(Cl)cc1. The van der Waals surface area contributed by atoms with E-state index in [4.69, 9.17) is 21.1 Å². The zero-order valence-corrected chi connectivity index (χ0v) is 12.9. The molecule has 0 aliphatic rings. The highest BCUT2D eigenvalue weighted by Gasteiger charge is 2.12. The Morgan fingerprint density at radius 2 is 1.82 bits per heavy atom. The first-order valence-corrected chi connectivity index (χ1v) is 7.23. The quantitative estimate of drug-likeness (QED) is 0.830. The normalized spacial score (nSPS) is 11.8. The third-order valence-corrected chi connectivity index (χ3v) is 3.26. The van der Waals surface area contributed by atoms with E-state index in [-0.39, 0.29) is 13.2 Å². The van der Waals surface area contributed by atoms with Crippen molar-refractivity contribution in [1.29, 1.82) is 0 Å². The number of aliphatic hydroxyl groups is 1. The van der Waals surface area contributed by atoms with Crippen molar-refractivity contribution in [2.24, 2.45) is 0 Å². The Labute approximate surface area is 134 Å². The van der Waals surface area contributed by atoms with E-state index < -0.39 is 12.1 Å². The van der Waals surface area contributed by atoms with Crippen molar-refractivity contribution in [1.82, 2.24) is 0 Å². The molecule has 0 saturated heterocycles. The second-order valence-electron chi connectivity index (χ2n) is 4.84. The molecule has 0 fully saturated rings. The Morgan fingerprint density at radius 1 is 1.14 bits per heavy atom. The van der Waals surface area contributed by atoms with E-state index in [2.05, 4.69) is 0 Å². The molecule has 0 bridgehead atoms. The number of carbonyl (C=O) groups excluding carboxylic acids is 1. The predicted molar refractivity (Wildman–Crippen MR) is 84.4 cm³/mol. The van der Waals surface area contributed by atoms with Gasteiger partial charge in [0.25, 0.3) is 0 Å². The summed E-state index contributed by atoms with van der Waals surface area (Å²) in [6, 6.07) is 13.9. The van der Waals surface area contributed by atoms with Crippen LogP contribution in [0, 0.1) is 6.92 Å². The second kappa shape index (κ2) is 7.82. The molecule has 0 spiro atoms. The van der Waals surface area contributed by atoms with Crippen molar-refractivity contribution in [3.8, 4) is 5.75 Å². The zero-order chi connectivity index (χ0) is 15.9. The van der Waals surface area contributed by atoms with Gasteiger partial charge in [0.1, 0.15) is 25.1 Å². The lowest BCUT2D eigenvalue weighted by Crippen LogP contribution is -2.25. The molecule has 0 saturated carbocycles.